The van der Waals surface area contributed by atoms with Crippen molar-refractivity contribution in [3.63, 3.8) is 0 Å². The third kappa shape index (κ3) is 4.10. The maximum absolute atomic E-state index is 13.7. The third-order valence-corrected chi connectivity index (χ3v) is 7.95. The van der Waals surface area contributed by atoms with Gasteiger partial charge in [0.2, 0.25) is 0 Å². The molecular formula is C27H22Cl3N3O4. The number of aromatic nitrogens is 3. The Balaban J connectivity index is 0.00000280. The number of nitrogens with zero attached hydrogens (tertiary/aromatic N) is 3. The van der Waals surface area contributed by atoms with Crippen LogP contribution in [0.1, 0.15) is 42.0 Å². The molecule has 7 nitrogen and oxygen atoms in total. The highest BCUT2D eigenvalue weighted by Gasteiger charge is 2.40. The van der Waals surface area contributed by atoms with Crippen LogP contribution >= 0.6 is 23.2 Å². The molecule has 0 saturated heterocycles. The Morgan fingerprint density at radius 2 is 1.84 bits per heavy atom. The maximum Gasteiger partial charge on any atom is 0.309 e. The fraction of sp³-hybridized carbons (Fsp3) is 0.259. The second-order valence-corrected chi connectivity index (χ2v) is 10.1. The van der Waals surface area contributed by atoms with E-state index >= 15 is 0 Å². The van der Waals surface area contributed by atoms with Crippen LogP contribution in [0, 0.1) is 0 Å². The summed E-state index contributed by atoms with van der Waals surface area (Å²) < 4.78 is 8.97. The Morgan fingerprint density at radius 3 is 2.57 bits per heavy atom. The van der Waals surface area contributed by atoms with Gasteiger partial charge < -0.3 is 26.8 Å². The molecule has 5 heterocycles. The zero-order valence-electron chi connectivity index (χ0n) is 19.8. The van der Waals surface area contributed by atoms with Crippen LogP contribution in [0.2, 0.25) is 10.0 Å². The smallest absolute Gasteiger partial charge is 0.309 e. The SMILES string of the molecule is CCC1(O)CC(=O)OCc2c1cc1n(c2=O)Cc2c-1nc1cc(Cl)c(Cl)cc1c2C[n+]1ccccc1.[Cl-]. The minimum absolute atomic E-state index is 0. The average Bonchev–Trinajstić information content (AvgIpc) is 3.17. The van der Waals surface area contributed by atoms with Gasteiger partial charge in [-0.2, -0.15) is 0 Å². The molecule has 2 aliphatic rings. The van der Waals surface area contributed by atoms with Gasteiger partial charge >= 0.3 is 5.97 Å². The molecule has 1 aromatic carbocycles. The molecule has 0 aliphatic carbocycles. The summed E-state index contributed by atoms with van der Waals surface area (Å²) in [6.45, 7) is 2.47. The largest absolute Gasteiger partial charge is 1.00 e. The van der Waals surface area contributed by atoms with E-state index in [1.807, 2.05) is 41.2 Å². The zero-order chi connectivity index (χ0) is 25.2. The van der Waals surface area contributed by atoms with Crippen molar-refractivity contribution in [3.05, 3.63) is 91.4 Å². The van der Waals surface area contributed by atoms with Gasteiger partial charge in [-0.25, -0.2) is 9.55 Å². The Bertz CT molecular complexity index is 1640. The highest BCUT2D eigenvalue weighted by atomic mass is 35.5. The van der Waals surface area contributed by atoms with Gasteiger partial charge in [0.1, 0.15) is 12.2 Å². The fourth-order valence-electron chi connectivity index (χ4n) is 5.26. The molecule has 0 amide bonds. The molecular weight excluding hydrogens is 537 g/mol. The Hall–Kier alpha value is -2.97. The van der Waals surface area contributed by atoms with Gasteiger partial charge in [0.05, 0.1) is 45.5 Å². The van der Waals surface area contributed by atoms with Gasteiger partial charge in [-0.15, -0.1) is 0 Å². The van der Waals surface area contributed by atoms with Crippen molar-refractivity contribution in [1.82, 2.24) is 9.55 Å². The average molecular weight is 559 g/mol. The number of benzene rings is 1. The number of carbonyl (C=O) groups excluding carboxylic acids is 1. The molecule has 0 radical (unpaired) electrons. The molecule has 37 heavy (non-hydrogen) atoms. The van der Waals surface area contributed by atoms with Crippen molar-refractivity contribution in [2.75, 3.05) is 0 Å². The van der Waals surface area contributed by atoms with E-state index in [4.69, 9.17) is 32.9 Å². The van der Waals surface area contributed by atoms with Crippen molar-refractivity contribution >= 4 is 40.1 Å². The number of halogens is 3. The molecule has 1 atom stereocenters. The molecule has 1 N–H and O–H groups in total. The van der Waals surface area contributed by atoms with Gasteiger partial charge in [0.25, 0.3) is 5.56 Å². The van der Waals surface area contributed by atoms with Crippen molar-refractivity contribution in [1.29, 1.82) is 0 Å². The molecule has 0 spiro atoms. The first-order chi connectivity index (χ1) is 17.3. The number of aliphatic hydroxyl groups is 1. The summed E-state index contributed by atoms with van der Waals surface area (Å²) in [7, 11) is 0. The topological polar surface area (TPSA) is 85.3 Å². The number of cyclic esters (lactones) is 1. The first-order valence-corrected chi connectivity index (χ1v) is 12.4. The lowest BCUT2D eigenvalue weighted by atomic mass is 9.85. The van der Waals surface area contributed by atoms with Crippen LogP contribution in [0.4, 0.5) is 0 Å². The van der Waals surface area contributed by atoms with Crippen LogP contribution < -0.4 is 22.5 Å². The van der Waals surface area contributed by atoms with Crippen LogP contribution in [0.25, 0.3) is 22.3 Å². The van der Waals surface area contributed by atoms with Gasteiger partial charge in [0.15, 0.2) is 18.9 Å². The predicted octanol–water partition coefficient (Wildman–Crippen LogP) is 1.12. The summed E-state index contributed by atoms with van der Waals surface area (Å²) in [5.74, 6) is -0.529. The molecule has 0 saturated carbocycles. The Morgan fingerprint density at radius 1 is 1.11 bits per heavy atom. The lowest BCUT2D eigenvalue weighted by Crippen LogP contribution is -3.00. The number of rotatable bonds is 3. The van der Waals surface area contributed by atoms with E-state index in [1.165, 1.54) is 0 Å². The second kappa shape index (κ2) is 9.40. The van der Waals surface area contributed by atoms with E-state index in [9.17, 15) is 14.7 Å². The molecule has 0 fully saturated rings. The molecule has 10 heteroatoms. The monoisotopic (exact) mass is 557 g/mol. The number of esters is 1. The predicted molar refractivity (Wildman–Crippen MR) is 135 cm³/mol. The standard InChI is InChI=1S/C27H22Cl2N3O4.ClH/c1-2-27(35)11-24(33)36-14-18-19(27)9-23-25-17(13-32(23)26(18)34)16(12-31-6-4-3-5-7-31)15-8-20(28)21(29)10-22(15)30-25;/h3-10,35H,2,11-14H2,1H3;1H/q+1;/p-1. The number of hydrogen-bond donors (Lipinski definition) is 1. The van der Waals surface area contributed by atoms with Crippen LogP contribution in [-0.2, 0) is 34.8 Å². The van der Waals surface area contributed by atoms with E-state index in [-0.39, 0.29) is 37.4 Å². The van der Waals surface area contributed by atoms with Crippen molar-refractivity contribution < 1.29 is 31.6 Å². The molecule has 2 aliphatic heterocycles. The number of hydrogen-bond acceptors (Lipinski definition) is 5. The van der Waals surface area contributed by atoms with E-state index in [0.29, 0.717) is 51.2 Å². The molecule has 3 aromatic heterocycles. The minimum atomic E-state index is -1.49. The van der Waals surface area contributed by atoms with Crippen LogP contribution in [0.5, 0.6) is 0 Å². The van der Waals surface area contributed by atoms with Crippen molar-refractivity contribution in [2.45, 2.75) is 45.1 Å². The molecule has 190 valence electrons. The van der Waals surface area contributed by atoms with Crippen LogP contribution in [0.15, 0.2) is 53.6 Å². The van der Waals surface area contributed by atoms with Gasteiger partial charge in [-0.05, 0) is 30.2 Å². The van der Waals surface area contributed by atoms with E-state index in [1.54, 1.807) is 23.6 Å². The Labute approximate surface area is 228 Å². The molecule has 1 unspecified atom stereocenters. The van der Waals surface area contributed by atoms with Crippen LogP contribution in [-0.4, -0.2) is 20.6 Å². The summed E-state index contributed by atoms with van der Waals surface area (Å²) in [4.78, 5) is 30.8. The normalized spacial score (nSPS) is 17.9. The summed E-state index contributed by atoms with van der Waals surface area (Å²) >= 11 is 12.7. The number of pyridine rings is 3. The summed E-state index contributed by atoms with van der Waals surface area (Å²) in [5.41, 5.74) is 2.76. The fourth-order valence-corrected chi connectivity index (χ4v) is 5.58. The quantitative estimate of drug-likeness (QED) is 0.265. The number of ether oxygens (including phenoxy) is 1. The summed E-state index contributed by atoms with van der Waals surface area (Å²) in [6, 6.07) is 11.2. The lowest BCUT2D eigenvalue weighted by Gasteiger charge is -2.26. The van der Waals surface area contributed by atoms with E-state index in [2.05, 4.69) is 0 Å². The van der Waals surface area contributed by atoms with Gasteiger partial charge in [-0.3, -0.25) is 9.59 Å². The Kier molecular flexibility index (Phi) is 6.52. The summed E-state index contributed by atoms with van der Waals surface area (Å²) in [5, 5.41) is 13.1. The maximum atomic E-state index is 13.7. The first kappa shape index (κ1) is 25.7. The zero-order valence-corrected chi connectivity index (χ0v) is 22.1. The second-order valence-electron chi connectivity index (χ2n) is 9.28. The van der Waals surface area contributed by atoms with Crippen molar-refractivity contribution in [3.8, 4) is 11.4 Å². The molecule has 4 aromatic rings. The van der Waals surface area contributed by atoms with Gasteiger partial charge in [-0.1, -0.05) is 36.2 Å². The molecule has 6 rings (SSSR count). The van der Waals surface area contributed by atoms with E-state index in [0.717, 1.165) is 16.5 Å². The third-order valence-electron chi connectivity index (χ3n) is 7.22. The number of carbonyl (C=O) groups is 1. The highest BCUT2D eigenvalue weighted by Crippen LogP contribution is 2.41. The van der Waals surface area contributed by atoms with Crippen LogP contribution in [0.3, 0.4) is 0 Å². The summed E-state index contributed by atoms with van der Waals surface area (Å²) in [6.07, 6.45) is 4.01. The molecule has 0 bridgehead atoms. The lowest BCUT2D eigenvalue weighted by molar-refractivity contribution is -0.688. The van der Waals surface area contributed by atoms with E-state index < -0.39 is 11.6 Å². The minimum Gasteiger partial charge on any atom is -1.00 e. The number of fused-ring (bicyclic) bond motifs is 5. The van der Waals surface area contributed by atoms with Gasteiger partial charge in [0, 0.05) is 28.6 Å². The van der Waals surface area contributed by atoms with Crippen molar-refractivity contribution in [2.24, 2.45) is 0 Å². The highest BCUT2D eigenvalue weighted by molar-refractivity contribution is 6.42. The first-order valence-electron chi connectivity index (χ1n) is 11.7.